The molecule has 0 saturated heterocycles. The van der Waals surface area contributed by atoms with Crippen LogP contribution < -0.4 is 10.1 Å². The van der Waals surface area contributed by atoms with Crippen LogP contribution in [0.1, 0.15) is 75.5 Å². The first kappa shape index (κ1) is 25.8. The van der Waals surface area contributed by atoms with Crippen LogP contribution in [-0.4, -0.2) is 35.9 Å². The van der Waals surface area contributed by atoms with E-state index in [0.29, 0.717) is 25.8 Å². The molecule has 0 aliphatic heterocycles. The van der Waals surface area contributed by atoms with Crippen molar-refractivity contribution in [2.24, 2.45) is 0 Å². The molecule has 0 bridgehead atoms. The second kappa shape index (κ2) is 13.2. The summed E-state index contributed by atoms with van der Waals surface area (Å²) >= 11 is 0. The molecule has 0 heterocycles. The summed E-state index contributed by atoms with van der Waals surface area (Å²) in [6, 6.07) is 15.9. The Hall–Kier alpha value is -2.82. The largest absolute Gasteiger partial charge is 0.497 e. The van der Waals surface area contributed by atoms with Gasteiger partial charge in [-0.05, 0) is 60.9 Å². The number of hydrogen-bond acceptors (Lipinski definition) is 3. The lowest BCUT2D eigenvalue weighted by molar-refractivity contribution is -0.141. The average Bonchev–Trinajstić information content (AvgIpc) is 2.88. The third-order valence-electron chi connectivity index (χ3n) is 6.88. The van der Waals surface area contributed by atoms with E-state index in [1.54, 1.807) is 12.0 Å². The van der Waals surface area contributed by atoms with Gasteiger partial charge in [0.2, 0.25) is 11.8 Å². The van der Waals surface area contributed by atoms with Crippen molar-refractivity contribution in [3.8, 4) is 5.75 Å². The lowest BCUT2D eigenvalue weighted by Crippen LogP contribution is -2.51. The maximum absolute atomic E-state index is 13.5. The number of aryl methyl sites for hydroxylation is 2. The van der Waals surface area contributed by atoms with Gasteiger partial charge < -0.3 is 15.0 Å². The van der Waals surface area contributed by atoms with Gasteiger partial charge in [-0.25, -0.2) is 0 Å². The molecule has 5 nitrogen and oxygen atoms in total. The summed E-state index contributed by atoms with van der Waals surface area (Å²) in [5, 5.41) is 3.24. The van der Waals surface area contributed by atoms with Gasteiger partial charge in [0.25, 0.3) is 0 Å². The summed E-state index contributed by atoms with van der Waals surface area (Å²) in [4.78, 5) is 28.6. The summed E-state index contributed by atoms with van der Waals surface area (Å²) < 4.78 is 5.37. The minimum Gasteiger partial charge on any atom is -0.497 e. The monoisotopic (exact) mass is 464 g/mol. The SMILES string of the molecule is CCc1ccc(CCC(=O)N(Cc2cccc(OC)c2)[C@H](CC)C(=O)NC2CCCCC2)cc1. The fourth-order valence-corrected chi connectivity index (χ4v) is 4.77. The van der Waals surface area contributed by atoms with E-state index < -0.39 is 6.04 Å². The molecule has 0 unspecified atom stereocenters. The Morgan fingerprint density at radius 1 is 1.00 bits per heavy atom. The number of nitrogens with zero attached hydrogens (tertiary/aromatic N) is 1. The summed E-state index contributed by atoms with van der Waals surface area (Å²) in [6.07, 6.45) is 8.24. The molecule has 1 saturated carbocycles. The van der Waals surface area contributed by atoms with Crippen molar-refractivity contribution in [3.05, 3.63) is 65.2 Å². The van der Waals surface area contributed by atoms with Gasteiger partial charge in [0, 0.05) is 19.0 Å². The van der Waals surface area contributed by atoms with Crippen molar-refractivity contribution >= 4 is 11.8 Å². The van der Waals surface area contributed by atoms with Gasteiger partial charge in [-0.3, -0.25) is 9.59 Å². The lowest BCUT2D eigenvalue weighted by atomic mass is 9.95. The molecule has 1 aliphatic rings. The zero-order chi connectivity index (χ0) is 24.3. The predicted molar refractivity (Wildman–Crippen MR) is 137 cm³/mol. The van der Waals surface area contributed by atoms with Crippen LogP contribution in [0, 0.1) is 0 Å². The highest BCUT2D eigenvalue weighted by Crippen LogP contribution is 2.21. The molecule has 0 radical (unpaired) electrons. The van der Waals surface area contributed by atoms with E-state index in [1.165, 1.54) is 12.0 Å². The maximum Gasteiger partial charge on any atom is 0.243 e. The van der Waals surface area contributed by atoms with E-state index in [9.17, 15) is 9.59 Å². The number of carbonyl (C=O) groups is 2. The van der Waals surface area contributed by atoms with Crippen molar-refractivity contribution in [1.82, 2.24) is 10.2 Å². The van der Waals surface area contributed by atoms with Crippen LogP contribution in [-0.2, 0) is 29.0 Å². The third-order valence-corrected chi connectivity index (χ3v) is 6.88. The standard InChI is InChI=1S/C29H40N2O3/c1-4-22-14-16-23(17-15-22)18-19-28(32)31(21-24-10-9-13-26(20-24)34-3)27(5-2)29(33)30-25-11-7-6-8-12-25/h9-10,13-17,20,25,27H,4-8,11-12,18-19,21H2,1-3H3,(H,30,33)/t27-/m1/s1. The highest BCUT2D eigenvalue weighted by molar-refractivity contribution is 5.88. The Balaban J connectivity index is 1.75. The van der Waals surface area contributed by atoms with E-state index in [0.717, 1.165) is 49.0 Å². The zero-order valence-corrected chi connectivity index (χ0v) is 21.0. The highest BCUT2D eigenvalue weighted by atomic mass is 16.5. The fraction of sp³-hybridized carbons (Fsp3) is 0.517. The first-order valence-corrected chi connectivity index (χ1v) is 12.8. The first-order valence-electron chi connectivity index (χ1n) is 12.8. The van der Waals surface area contributed by atoms with Gasteiger partial charge in [-0.1, -0.05) is 69.5 Å². The quantitative estimate of drug-likeness (QED) is 0.481. The van der Waals surface area contributed by atoms with Crippen LogP contribution in [0.3, 0.4) is 0 Å². The molecule has 5 heteroatoms. The number of rotatable bonds is 11. The number of nitrogens with one attached hydrogen (secondary N) is 1. The van der Waals surface area contributed by atoms with Crippen molar-refractivity contribution < 1.29 is 14.3 Å². The minimum absolute atomic E-state index is 0.00744. The van der Waals surface area contributed by atoms with Gasteiger partial charge in [0.15, 0.2) is 0 Å². The van der Waals surface area contributed by atoms with Crippen LogP contribution in [0.5, 0.6) is 5.75 Å². The molecular weight excluding hydrogens is 424 g/mol. The number of ether oxygens (including phenoxy) is 1. The molecule has 2 aromatic rings. The molecule has 1 atom stereocenters. The number of methoxy groups -OCH3 is 1. The molecule has 0 aromatic heterocycles. The normalized spacial score (nSPS) is 14.9. The molecular formula is C29H40N2O3. The molecule has 0 spiro atoms. The Kier molecular flexibility index (Phi) is 9.99. The highest BCUT2D eigenvalue weighted by Gasteiger charge is 2.30. The van der Waals surface area contributed by atoms with Crippen LogP contribution in [0.4, 0.5) is 0 Å². The first-order chi connectivity index (χ1) is 16.5. The Morgan fingerprint density at radius 3 is 2.35 bits per heavy atom. The van der Waals surface area contributed by atoms with Crippen molar-refractivity contribution in [1.29, 1.82) is 0 Å². The van der Waals surface area contributed by atoms with Gasteiger partial charge >= 0.3 is 0 Å². The van der Waals surface area contributed by atoms with E-state index in [4.69, 9.17) is 4.74 Å². The van der Waals surface area contributed by atoms with Crippen LogP contribution in [0.25, 0.3) is 0 Å². The van der Waals surface area contributed by atoms with Crippen LogP contribution >= 0.6 is 0 Å². The zero-order valence-electron chi connectivity index (χ0n) is 21.0. The second-order valence-corrected chi connectivity index (χ2v) is 9.31. The molecule has 1 fully saturated rings. The van der Waals surface area contributed by atoms with Gasteiger partial charge in [-0.2, -0.15) is 0 Å². The van der Waals surface area contributed by atoms with Crippen molar-refractivity contribution in [2.45, 2.75) is 90.3 Å². The fourth-order valence-electron chi connectivity index (χ4n) is 4.77. The smallest absolute Gasteiger partial charge is 0.243 e. The van der Waals surface area contributed by atoms with Crippen molar-refractivity contribution in [3.63, 3.8) is 0 Å². The Bertz CT molecular complexity index is 919. The minimum atomic E-state index is -0.483. The molecule has 2 amide bonds. The van der Waals surface area contributed by atoms with E-state index in [-0.39, 0.29) is 17.9 Å². The summed E-state index contributed by atoms with van der Waals surface area (Å²) in [5.41, 5.74) is 3.40. The second-order valence-electron chi connectivity index (χ2n) is 9.31. The van der Waals surface area contributed by atoms with E-state index in [2.05, 4.69) is 36.5 Å². The molecule has 3 rings (SSSR count). The van der Waals surface area contributed by atoms with Gasteiger partial charge in [0.1, 0.15) is 11.8 Å². The molecule has 2 aromatic carbocycles. The van der Waals surface area contributed by atoms with Gasteiger partial charge in [0.05, 0.1) is 7.11 Å². The predicted octanol–water partition coefficient (Wildman–Crippen LogP) is 5.45. The topological polar surface area (TPSA) is 58.6 Å². The maximum atomic E-state index is 13.5. The number of amides is 2. The third kappa shape index (κ3) is 7.34. The summed E-state index contributed by atoms with van der Waals surface area (Å²) in [7, 11) is 1.64. The molecule has 1 N–H and O–H groups in total. The number of hydrogen-bond donors (Lipinski definition) is 1. The van der Waals surface area contributed by atoms with E-state index in [1.807, 2.05) is 31.2 Å². The number of carbonyl (C=O) groups excluding carboxylic acids is 2. The summed E-state index contributed by atoms with van der Waals surface area (Å²) in [6.45, 7) is 4.51. The average molecular weight is 465 g/mol. The van der Waals surface area contributed by atoms with E-state index >= 15 is 0 Å². The Labute approximate surface area is 204 Å². The van der Waals surface area contributed by atoms with Crippen molar-refractivity contribution in [2.75, 3.05) is 7.11 Å². The van der Waals surface area contributed by atoms with Gasteiger partial charge in [-0.15, -0.1) is 0 Å². The molecule has 184 valence electrons. The number of benzene rings is 2. The molecule has 34 heavy (non-hydrogen) atoms. The van der Waals surface area contributed by atoms with Crippen LogP contribution in [0.15, 0.2) is 48.5 Å². The lowest BCUT2D eigenvalue weighted by Gasteiger charge is -2.33. The van der Waals surface area contributed by atoms with Crippen LogP contribution in [0.2, 0.25) is 0 Å². The summed E-state index contributed by atoms with van der Waals surface area (Å²) in [5.74, 6) is 0.728. The molecule has 1 aliphatic carbocycles. The Morgan fingerprint density at radius 2 is 1.71 bits per heavy atom.